The lowest BCUT2D eigenvalue weighted by Crippen LogP contribution is -2.28. The zero-order valence-electron chi connectivity index (χ0n) is 9.60. The molecule has 0 aliphatic rings. The number of alkyl halides is 3. The molecular weight excluding hydrogens is 215 g/mol. The molecule has 0 bridgehead atoms. The van der Waals surface area contributed by atoms with Gasteiger partial charge < -0.3 is 5.32 Å². The standard InChI is InChI=1S/C12H16F3N/c1-8(9(2)16-3)10-6-4-5-7-11(10)12(13,14)15/h4-9,16H,1-3H3. The van der Waals surface area contributed by atoms with Gasteiger partial charge in [0.05, 0.1) is 5.56 Å². The van der Waals surface area contributed by atoms with Crippen LogP contribution in [0.4, 0.5) is 13.2 Å². The SMILES string of the molecule is CNC(C)C(C)c1ccccc1C(F)(F)F. The van der Waals surface area contributed by atoms with Gasteiger partial charge >= 0.3 is 6.18 Å². The smallest absolute Gasteiger partial charge is 0.317 e. The van der Waals surface area contributed by atoms with Crippen LogP contribution in [0.2, 0.25) is 0 Å². The van der Waals surface area contributed by atoms with Gasteiger partial charge in [-0.25, -0.2) is 0 Å². The summed E-state index contributed by atoms with van der Waals surface area (Å²) in [5.74, 6) is -0.178. The first-order valence-corrected chi connectivity index (χ1v) is 5.21. The van der Waals surface area contributed by atoms with Gasteiger partial charge in [0.2, 0.25) is 0 Å². The van der Waals surface area contributed by atoms with Gasteiger partial charge in [0.1, 0.15) is 0 Å². The summed E-state index contributed by atoms with van der Waals surface area (Å²) in [7, 11) is 1.75. The molecule has 1 nitrogen and oxygen atoms in total. The Labute approximate surface area is 93.7 Å². The lowest BCUT2D eigenvalue weighted by atomic mass is 9.90. The maximum absolute atomic E-state index is 12.8. The molecule has 1 aromatic carbocycles. The summed E-state index contributed by atoms with van der Waals surface area (Å²) in [6.45, 7) is 3.67. The second kappa shape index (κ2) is 4.87. The van der Waals surface area contributed by atoms with E-state index >= 15 is 0 Å². The topological polar surface area (TPSA) is 12.0 Å². The van der Waals surface area contributed by atoms with E-state index < -0.39 is 11.7 Å². The first kappa shape index (κ1) is 13.0. The Morgan fingerprint density at radius 2 is 1.69 bits per heavy atom. The Morgan fingerprint density at radius 3 is 2.19 bits per heavy atom. The van der Waals surface area contributed by atoms with Gasteiger partial charge in [-0.1, -0.05) is 25.1 Å². The summed E-state index contributed by atoms with van der Waals surface area (Å²) in [6, 6.07) is 5.74. The van der Waals surface area contributed by atoms with Gasteiger partial charge in [0.25, 0.3) is 0 Å². The van der Waals surface area contributed by atoms with Crippen LogP contribution in [-0.4, -0.2) is 13.1 Å². The van der Waals surface area contributed by atoms with E-state index in [2.05, 4.69) is 5.32 Å². The maximum atomic E-state index is 12.8. The molecule has 1 aromatic rings. The molecule has 0 saturated carbocycles. The van der Waals surface area contributed by atoms with Crippen LogP contribution in [0, 0.1) is 0 Å². The lowest BCUT2D eigenvalue weighted by Gasteiger charge is -2.23. The Bertz CT molecular complexity index is 346. The fourth-order valence-corrected chi connectivity index (χ4v) is 1.67. The highest BCUT2D eigenvalue weighted by Crippen LogP contribution is 2.35. The molecule has 0 aromatic heterocycles. The molecule has 16 heavy (non-hydrogen) atoms. The van der Waals surface area contributed by atoms with Crippen LogP contribution in [-0.2, 0) is 6.18 Å². The largest absolute Gasteiger partial charge is 0.416 e. The molecule has 0 aliphatic carbocycles. The quantitative estimate of drug-likeness (QED) is 0.840. The monoisotopic (exact) mass is 231 g/mol. The summed E-state index contributed by atoms with van der Waals surface area (Å²) in [4.78, 5) is 0. The highest BCUT2D eigenvalue weighted by atomic mass is 19.4. The van der Waals surface area contributed by atoms with E-state index in [-0.39, 0.29) is 12.0 Å². The second-order valence-electron chi connectivity index (χ2n) is 3.95. The molecule has 0 aliphatic heterocycles. The van der Waals surface area contributed by atoms with Crippen molar-refractivity contribution in [2.75, 3.05) is 7.05 Å². The Kier molecular flexibility index (Phi) is 3.97. The number of benzene rings is 1. The number of halogens is 3. The van der Waals surface area contributed by atoms with E-state index in [0.29, 0.717) is 5.56 Å². The van der Waals surface area contributed by atoms with E-state index in [0.717, 1.165) is 6.07 Å². The Hall–Kier alpha value is -1.03. The molecule has 0 amide bonds. The highest BCUT2D eigenvalue weighted by molar-refractivity contribution is 5.33. The van der Waals surface area contributed by atoms with Crippen molar-refractivity contribution in [3.63, 3.8) is 0 Å². The van der Waals surface area contributed by atoms with Crippen molar-refractivity contribution in [3.05, 3.63) is 35.4 Å². The van der Waals surface area contributed by atoms with Crippen LogP contribution < -0.4 is 5.32 Å². The molecule has 0 fully saturated rings. The summed E-state index contributed by atoms with van der Waals surface area (Å²) in [6.07, 6.45) is -4.28. The number of nitrogens with one attached hydrogen (secondary N) is 1. The van der Waals surface area contributed by atoms with Crippen LogP contribution >= 0.6 is 0 Å². The van der Waals surface area contributed by atoms with E-state index in [4.69, 9.17) is 0 Å². The number of hydrogen-bond donors (Lipinski definition) is 1. The lowest BCUT2D eigenvalue weighted by molar-refractivity contribution is -0.138. The molecule has 2 atom stereocenters. The third-order valence-corrected chi connectivity index (χ3v) is 2.96. The number of likely N-dealkylation sites (N-methyl/N-ethyl adjacent to an activating group) is 1. The van der Waals surface area contributed by atoms with E-state index in [1.54, 1.807) is 26.1 Å². The van der Waals surface area contributed by atoms with Crippen molar-refractivity contribution in [3.8, 4) is 0 Å². The van der Waals surface area contributed by atoms with Crippen molar-refractivity contribution in [2.24, 2.45) is 0 Å². The third-order valence-electron chi connectivity index (χ3n) is 2.96. The first-order valence-electron chi connectivity index (χ1n) is 5.21. The molecular formula is C12H16F3N. The second-order valence-corrected chi connectivity index (χ2v) is 3.95. The molecule has 0 spiro atoms. The molecule has 1 N–H and O–H groups in total. The zero-order chi connectivity index (χ0) is 12.3. The van der Waals surface area contributed by atoms with Crippen molar-refractivity contribution in [2.45, 2.75) is 32.0 Å². The van der Waals surface area contributed by atoms with Crippen molar-refractivity contribution < 1.29 is 13.2 Å². The van der Waals surface area contributed by atoms with Crippen molar-refractivity contribution >= 4 is 0 Å². The molecule has 0 radical (unpaired) electrons. The first-order chi connectivity index (χ1) is 7.38. The summed E-state index contributed by atoms with van der Waals surface area (Å²) in [5.41, 5.74) is -0.193. The zero-order valence-corrected chi connectivity index (χ0v) is 9.60. The van der Waals surface area contributed by atoms with Crippen LogP contribution in [0.5, 0.6) is 0 Å². The van der Waals surface area contributed by atoms with Crippen LogP contribution in [0.3, 0.4) is 0 Å². The van der Waals surface area contributed by atoms with Crippen molar-refractivity contribution in [1.82, 2.24) is 5.32 Å². The van der Waals surface area contributed by atoms with E-state index in [1.165, 1.54) is 6.07 Å². The predicted octanol–water partition coefficient (Wildman–Crippen LogP) is 3.42. The summed E-state index contributed by atoms with van der Waals surface area (Å²) >= 11 is 0. The van der Waals surface area contributed by atoms with Gasteiger partial charge in [-0.05, 0) is 31.5 Å². The van der Waals surface area contributed by atoms with Crippen molar-refractivity contribution in [1.29, 1.82) is 0 Å². The van der Waals surface area contributed by atoms with Gasteiger partial charge in [0, 0.05) is 6.04 Å². The van der Waals surface area contributed by atoms with Gasteiger partial charge in [-0.2, -0.15) is 13.2 Å². The Morgan fingerprint density at radius 1 is 1.12 bits per heavy atom. The molecule has 2 unspecified atom stereocenters. The average Bonchev–Trinajstić information content (AvgIpc) is 2.26. The highest BCUT2D eigenvalue weighted by Gasteiger charge is 2.34. The fourth-order valence-electron chi connectivity index (χ4n) is 1.67. The van der Waals surface area contributed by atoms with Crippen LogP contribution in [0.25, 0.3) is 0 Å². The maximum Gasteiger partial charge on any atom is 0.416 e. The molecule has 0 heterocycles. The van der Waals surface area contributed by atoms with Gasteiger partial charge in [-0.3, -0.25) is 0 Å². The minimum absolute atomic E-state index is 0.00324. The number of rotatable bonds is 3. The average molecular weight is 231 g/mol. The molecule has 1 rings (SSSR count). The molecule has 4 heteroatoms. The fraction of sp³-hybridized carbons (Fsp3) is 0.500. The summed E-state index contributed by atoms with van der Waals surface area (Å²) < 4.78 is 38.3. The van der Waals surface area contributed by atoms with Crippen LogP contribution in [0.15, 0.2) is 24.3 Å². The number of hydrogen-bond acceptors (Lipinski definition) is 1. The molecule has 0 saturated heterocycles. The van der Waals surface area contributed by atoms with Gasteiger partial charge in [-0.15, -0.1) is 0 Å². The predicted molar refractivity (Wildman–Crippen MR) is 58.4 cm³/mol. The van der Waals surface area contributed by atoms with E-state index in [1.807, 2.05) is 6.92 Å². The minimum atomic E-state index is -4.28. The molecule has 90 valence electrons. The Balaban J connectivity index is 3.13. The minimum Gasteiger partial charge on any atom is -0.317 e. The summed E-state index contributed by atoms with van der Waals surface area (Å²) in [5, 5.41) is 2.97. The van der Waals surface area contributed by atoms with E-state index in [9.17, 15) is 13.2 Å². The third kappa shape index (κ3) is 2.76. The van der Waals surface area contributed by atoms with Gasteiger partial charge in [0.15, 0.2) is 0 Å². The van der Waals surface area contributed by atoms with Crippen LogP contribution in [0.1, 0.15) is 30.9 Å². The normalized spacial score (nSPS) is 15.9.